The molecule has 0 radical (unpaired) electrons. The lowest BCUT2D eigenvalue weighted by molar-refractivity contribution is 0.289. The van der Waals surface area contributed by atoms with Gasteiger partial charge in [-0.2, -0.15) is 0 Å². The first-order chi connectivity index (χ1) is 11.2. The number of aryl methyl sites for hydroxylation is 4. The molecule has 1 N–H and O–H groups in total. The summed E-state index contributed by atoms with van der Waals surface area (Å²) in [5.41, 5.74) is 6.25. The van der Waals surface area contributed by atoms with Crippen molar-refractivity contribution in [3.63, 3.8) is 0 Å². The summed E-state index contributed by atoms with van der Waals surface area (Å²) in [7, 11) is 0. The van der Waals surface area contributed by atoms with Crippen molar-refractivity contribution in [2.75, 3.05) is 13.1 Å². The van der Waals surface area contributed by atoms with E-state index in [0.717, 1.165) is 56.4 Å². The third-order valence-electron chi connectivity index (χ3n) is 5.13. The van der Waals surface area contributed by atoms with E-state index in [9.17, 15) is 5.11 Å². The Kier molecular flexibility index (Phi) is 5.02. The molecule has 0 fully saturated rings. The molecule has 0 saturated heterocycles. The van der Waals surface area contributed by atoms with Crippen molar-refractivity contribution < 1.29 is 5.11 Å². The van der Waals surface area contributed by atoms with Crippen molar-refractivity contribution in [3.05, 3.63) is 64.2 Å². The highest BCUT2D eigenvalue weighted by Gasteiger charge is 2.16. The maximum Gasteiger partial charge on any atom is 0.123 e. The second-order valence-electron chi connectivity index (χ2n) is 6.49. The van der Waals surface area contributed by atoms with E-state index >= 15 is 0 Å². The Morgan fingerprint density at radius 2 is 1.30 bits per heavy atom. The van der Waals surface area contributed by atoms with E-state index in [-0.39, 0.29) is 0 Å². The quantitative estimate of drug-likeness (QED) is 0.918. The smallest absolute Gasteiger partial charge is 0.123 e. The lowest BCUT2D eigenvalue weighted by Crippen LogP contribution is -2.23. The summed E-state index contributed by atoms with van der Waals surface area (Å²) in [6.45, 7) is 7.24. The summed E-state index contributed by atoms with van der Waals surface area (Å²) in [4.78, 5) is 2.38. The molecule has 0 atom stereocenters. The van der Waals surface area contributed by atoms with Gasteiger partial charge in [-0.3, -0.25) is 4.90 Å². The first-order valence-corrected chi connectivity index (χ1v) is 8.84. The summed E-state index contributed by atoms with van der Waals surface area (Å²) in [5, 5.41) is 10.8. The zero-order valence-corrected chi connectivity index (χ0v) is 14.3. The SMILES string of the molecule is CCN(CC)Cc1c2ccc(c1O)CCc1ccc(cc1)CC2. The summed E-state index contributed by atoms with van der Waals surface area (Å²) < 4.78 is 0. The molecular formula is C21H27NO. The molecule has 2 aromatic rings. The predicted octanol–water partition coefficient (Wildman–Crippen LogP) is 4.12. The van der Waals surface area contributed by atoms with E-state index in [2.05, 4.69) is 55.1 Å². The van der Waals surface area contributed by atoms with Gasteiger partial charge in [-0.05, 0) is 61.0 Å². The van der Waals surface area contributed by atoms with Crippen LogP contribution in [0.2, 0.25) is 0 Å². The van der Waals surface area contributed by atoms with Crippen LogP contribution >= 0.6 is 0 Å². The topological polar surface area (TPSA) is 23.5 Å². The van der Waals surface area contributed by atoms with Gasteiger partial charge in [-0.25, -0.2) is 0 Å². The minimum absolute atomic E-state index is 0.532. The Balaban J connectivity index is 1.98. The fraction of sp³-hybridized carbons (Fsp3) is 0.429. The zero-order valence-electron chi connectivity index (χ0n) is 14.3. The number of phenols is 1. The molecule has 0 saturated carbocycles. The Hall–Kier alpha value is -1.80. The number of rotatable bonds is 4. The van der Waals surface area contributed by atoms with Crippen LogP contribution in [0.4, 0.5) is 0 Å². The summed E-state index contributed by atoms with van der Waals surface area (Å²) in [6.07, 6.45) is 3.91. The fourth-order valence-electron chi connectivity index (χ4n) is 3.44. The monoisotopic (exact) mass is 309 g/mol. The normalized spacial score (nSPS) is 14.0. The second-order valence-corrected chi connectivity index (χ2v) is 6.49. The molecule has 23 heavy (non-hydrogen) atoms. The van der Waals surface area contributed by atoms with Gasteiger partial charge in [0.1, 0.15) is 5.75 Å². The van der Waals surface area contributed by atoms with E-state index < -0.39 is 0 Å². The van der Waals surface area contributed by atoms with Crippen LogP contribution in [0.5, 0.6) is 5.75 Å². The summed E-state index contributed by atoms with van der Waals surface area (Å²) >= 11 is 0. The van der Waals surface area contributed by atoms with Crippen LogP contribution in [0.1, 0.15) is 41.7 Å². The largest absolute Gasteiger partial charge is 0.507 e. The minimum atomic E-state index is 0.532. The number of aromatic hydroxyl groups is 1. The number of nitrogens with zero attached hydrogens (tertiary/aromatic N) is 1. The van der Waals surface area contributed by atoms with Gasteiger partial charge in [0.05, 0.1) is 0 Å². The Bertz CT molecular complexity index is 656. The molecule has 0 amide bonds. The first-order valence-electron chi connectivity index (χ1n) is 8.84. The van der Waals surface area contributed by atoms with Crippen LogP contribution in [-0.2, 0) is 32.2 Å². The molecule has 2 heteroatoms. The molecule has 4 bridgehead atoms. The van der Waals surface area contributed by atoms with Crippen LogP contribution in [-0.4, -0.2) is 23.1 Å². The van der Waals surface area contributed by atoms with E-state index in [4.69, 9.17) is 0 Å². The molecule has 4 aliphatic carbocycles. The van der Waals surface area contributed by atoms with Crippen LogP contribution in [0.15, 0.2) is 36.4 Å². The van der Waals surface area contributed by atoms with Crippen molar-refractivity contribution in [3.8, 4) is 5.75 Å². The Labute approximate surface area is 139 Å². The van der Waals surface area contributed by atoms with Crippen LogP contribution in [0.3, 0.4) is 0 Å². The van der Waals surface area contributed by atoms with E-state index in [1.54, 1.807) is 0 Å². The van der Waals surface area contributed by atoms with Crippen molar-refractivity contribution in [1.29, 1.82) is 0 Å². The van der Waals surface area contributed by atoms with E-state index in [1.807, 2.05) is 0 Å². The Morgan fingerprint density at radius 1 is 0.783 bits per heavy atom. The molecule has 122 valence electrons. The predicted molar refractivity (Wildman–Crippen MR) is 96.0 cm³/mol. The lowest BCUT2D eigenvalue weighted by atomic mass is 9.92. The van der Waals surface area contributed by atoms with E-state index in [1.165, 1.54) is 16.7 Å². The summed E-state index contributed by atoms with van der Waals surface area (Å²) in [5.74, 6) is 0.532. The van der Waals surface area contributed by atoms with Crippen molar-refractivity contribution >= 4 is 0 Å². The number of benzene rings is 2. The molecule has 2 aromatic carbocycles. The van der Waals surface area contributed by atoms with E-state index in [0.29, 0.717) is 5.75 Å². The van der Waals surface area contributed by atoms with Gasteiger partial charge in [0, 0.05) is 12.1 Å². The van der Waals surface area contributed by atoms with Crippen LogP contribution in [0, 0.1) is 0 Å². The molecule has 0 unspecified atom stereocenters. The highest BCUT2D eigenvalue weighted by Crippen LogP contribution is 2.30. The molecule has 0 aromatic heterocycles. The minimum Gasteiger partial charge on any atom is -0.507 e. The molecule has 0 heterocycles. The highest BCUT2D eigenvalue weighted by atomic mass is 16.3. The van der Waals surface area contributed by atoms with Gasteiger partial charge in [0.2, 0.25) is 0 Å². The average Bonchev–Trinajstić information content (AvgIpc) is 2.57. The second kappa shape index (κ2) is 7.18. The standard InChI is InChI=1S/C21H27NO/c1-3-22(4-2)15-20-18-11-9-16-5-7-17(8-6-16)10-12-19(14-13-18)21(20)23/h5-8,13-14,23H,3-4,9-12,15H2,1-2H3. The summed E-state index contributed by atoms with van der Waals surface area (Å²) in [6, 6.07) is 13.3. The van der Waals surface area contributed by atoms with Crippen molar-refractivity contribution in [1.82, 2.24) is 4.90 Å². The average molecular weight is 309 g/mol. The molecule has 6 rings (SSSR count). The molecule has 2 nitrogen and oxygen atoms in total. The first kappa shape index (κ1) is 16.1. The lowest BCUT2D eigenvalue weighted by Gasteiger charge is -2.23. The van der Waals surface area contributed by atoms with Gasteiger partial charge in [-0.1, -0.05) is 50.2 Å². The van der Waals surface area contributed by atoms with Gasteiger partial charge in [0.15, 0.2) is 0 Å². The molecular weight excluding hydrogens is 282 g/mol. The maximum atomic E-state index is 10.8. The number of hydrogen-bond donors (Lipinski definition) is 1. The molecule has 0 spiro atoms. The van der Waals surface area contributed by atoms with Gasteiger partial charge >= 0.3 is 0 Å². The van der Waals surface area contributed by atoms with Gasteiger partial charge in [-0.15, -0.1) is 0 Å². The van der Waals surface area contributed by atoms with Crippen LogP contribution in [0.25, 0.3) is 0 Å². The van der Waals surface area contributed by atoms with Gasteiger partial charge < -0.3 is 5.11 Å². The number of hydrogen-bond acceptors (Lipinski definition) is 2. The number of phenolic OH excluding ortho intramolecular Hbond substituents is 1. The van der Waals surface area contributed by atoms with Crippen LogP contribution < -0.4 is 0 Å². The van der Waals surface area contributed by atoms with Crippen molar-refractivity contribution in [2.24, 2.45) is 0 Å². The highest BCUT2D eigenvalue weighted by molar-refractivity contribution is 5.47. The van der Waals surface area contributed by atoms with Gasteiger partial charge in [0.25, 0.3) is 0 Å². The third-order valence-corrected chi connectivity index (χ3v) is 5.13. The third kappa shape index (κ3) is 3.59. The zero-order chi connectivity index (χ0) is 16.2. The molecule has 4 aliphatic rings. The maximum absolute atomic E-state index is 10.8. The molecule has 0 aliphatic heterocycles. The Morgan fingerprint density at radius 3 is 1.87 bits per heavy atom. The van der Waals surface area contributed by atoms with Crippen molar-refractivity contribution in [2.45, 2.75) is 46.1 Å². The fourth-order valence-corrected chi connectivity index (χ4v) is 3.44.